The molecule has 30 heavy (non-hydrogen) atoms. The highest BCUT2D eigenvalue weighted by atomic mass is 32.2. The number of nitrogens with one attached hydrogen (secondary N) is 2. The molecule has 162 valence electrons. The Kier molecular flexibility index (Phi) is 5.37. The third kappa shape index (κ3) is 4.09. The van der Waals surface area contributed by atoms with Crippen LogP contribution in [0.25, 0.3) is 10.9 Å². The zero-order valence-corrected chi connectivity index (χ0v) is 18.1. The van der Waals surface area contributed by atoms with Gasteiger partial charge >= 0.3 is 0 Å². The lowest BCUT2D eigenvalue weighted by molar-refractivity contribution is 0.0897. The first-order valence-electron chi connectivity index (χ1n) is 9.88. The number of aryl methyl sites for hydroxylation is 1. The molecule has 1 aliphatic heterocycles. The van der Waals surface area contributed by atoms with Gasteiger partial charge < -0.3 is 0 Å². The first-order chi connectivity index (χ1) is 14.1. The molecule has 3 aromatic rings. The fourth-order valence-electron chi connectivity index (χ4n) is 3.91. The summed E-state index contributed by atoms with van der Waals surface area (Å²) in [7, 11) is -3.76. The summed E-state index contributed by atoms with van der Waals surface area (Å²) in [5.41, 5.74) is 1.68. The summed E-state index contributed by atoms with van der Waals surface area (Å²) in [6.45, 7) is 6.73. The second kappa shape index (κ2) is 7.71. The third-order valence-corrected chi connectivity index (χ3v) is 7.37. The van der Waals surface area contributed by atoms with Crippen LogP contribution in [0.1, 0.15) is 37.4 Å². The van der Waals surface area contributed by atoms with E-state index in [1.165, 1.54) is 10.5 Å². The minimum atomic E-state index is -3.76. The average Bonchev–Trinajstić information content (AvgIpc) is 3.37. The van der Waals surface area contributed by atoms with E-state index in [2.05, 4.69) is 30.5 Å². The molecule has 1 aliphatic rings. The minimum absolute atomic E-state index is 0.0957. The lowest BCUT2D eigenvalue weighted by Crippen LogP contribution is -2.51. The number of H-pyrrole nitrogens is 2. The number of aromatic amines is 2. The van der Waals surface area contributed by atoms with Crippen LogP contribution < -0.4 is 0 Å². The van der Waals surface area contributed by atoms with Crippen LogP contribution in [0.4, 0.5) is 4.39 Å². The smallest absolute Gasteiger partial charge is 0.264 e. The maximum absolute atomic E-state index is 14.2. The standard InChI is InChI=1S/C19H26FN7O2S/c1-13-8-16-14(10-21-23-16)9-15(13)17-12-27(30(28,29)18-11-22-25-24-18)7-6-26(17)5-4-19(2,3)20/h8-11,17H,4-7,12H2,1-3H3,(H,21,23)(H,22,24,25)/t17-/m0/s1. The number of fused-ring (bicyclic) bond motifs is 1. The first kappa shape index (κ1) is 20.9. The Balaban J connectivity index is 1.69. The lowest BCUT2D eigenvalue weighted by atomic mass is 9.96. The second-order valence-electron chi connectivity index (χ2n) is 8.36. The van der Waals surface area contributed by atoms with Crippen molar-refractivity contribution in [1.29, 1.82) is 0 Å². The molecule has 2 N–H and O–H groups in total. The monoisotopic (exact) mass is 435 g/mol. The van der Waals surface area contributed by atoms with Crippen LogP contribution in [-0.4, -0.2) is 75.1 Å². The number of hydrogen-bond donors (Lipinski definition) is 2. The number of piperazine rings is 1. The van der Waals surface area contributed by atoms with Gasteiger partial charge in [0.1, 0.15) is 5.67 Å². The second-order valence-corrected chi connectivity index (χ2v) is 10.2. The number of hydrogen-bond acceptors (Lipinski definition) is 6. The highest BCUT2D eigenvalue weighted by Gasteiger charge is 2.37. The van der Waals surface area contributed by atoms with Crippen molar-refractivity contribution >= 4 is 20.9 Å². The van der Waals surface area contributed by atoms with Gasteiger partial charge in [-0.3, -0.25) is 10.00 Å². The normalized spacial score (nSPS) is 19.5. The quantitative estimate of drug-likeness (QED) is 0.614. The van der Waals surface area contributed by atoms with Crippen molar-refractivity contribution in [3.63, 3.8) is 0 Å². The highest BCUT2D eigenvalue weighted by molar-refractivity contribution is 7.89. The Bertz CT molecular complexity index is 1120. The zero-order chi connectivity index (χ0) is 21.5. The molecule has 2 aromatic heterocycles. The summed E-state index contributed by atoms with van der Waals surface area (Å²) in [6.07, 6.45) is 3.33. The SMILES string of the molecule is Cc1cc2[nH]ncc2cc1[C@@H]1CN(S(=O)(=O)c2cn[nH]n2)CCN1CCC(C)(C)F. The number of alkyl halides is 1. The number of halogens is 1. The summed E-state index contributed by atoms with van der Waals surface area (Å²) in [5.74, 6) is 0. The van der Waals surface area contributed by atoms with Crippen molar-refractivity contribution in [3.05, 3.63) is 35.7 Å². The molecule has 0 bridgehead atoms. The molecule has 0 radical (unpaired) electrons. The van der Waals surface area contributed by atoms with Crippen LogP contribution in [0, 0.1) is 6.92 Å². The Morgan fingerprint density at radius 3 is 2.73 bits per heavy atom. The van der Waals surface area contributed by atoms with Crippen molar-refractivity contribution in [2.24, 2.45) is 0 Å². The van der Waals surface area contributed by atoms with E-state index in [9.17, 15) is 12.8 Å². The van der Waals surface area contributed by atoms with Crippen molar-refractivity contribution in [3.8, 4) is 0 Å². The van der Waals surface area contributed by atoms with Crippen molar-refractivity contribution in [2.45, 2.75) is 43.9 Å². The fraction of sp³-hybridized carbons (Fsp3) is 0.526. The van der Waals surface area contributed by atoms with E-state index in [0.29, 0.717) is 26.1 Å². The number of nitrogens with zero attached hydrogens (tertiary/aromatic N) is 5. The van der Waals surface area contributed by atoms with Crippen LogP contribution in [-0.2, 0) is 10.0 Å². The predicted molar refractivity (Wildman–Crippen MR) is 110 cm³/mol. The van der Waals surface area contributed by atoms with E-state index in [1.807, 2.05) is 19.1 Å². The van der Waals surface area contributed by atoms with E-state index >= 15 is 0 Å². The molecular formula is C19H26FN7O2S. The van der Waals surface area contributed by atoms with E-state index in [4.69, 9.17) is 0 Å². The number of benzene rings is 1. The molecule has 11 heteroatoms. The third-order valence-electron chi connectivity index (χ3n) is 5.63. The molecule has 1 atom stereocenters. The molecule has 9 nitrogen and oxygen atoms in total. The Morgan fingerprint density at radius 1 is 1.23 bits per heavy atom. The Hall–Kier alpha value is -2.37. The average molecular weight is 436 g/mol. The molecule has 0 amide bonds. The van der Waals surface area contributed by atoms with E-state index in [1.54, 1.807) is 20.0 Å². The molecule has 4 rings (SSSR count). The largest absolute Gasteiger partial charge is 0.294 e. The maximum Gasteiger partial charge on any atom is 0.264 e. The van der Waals surface area contributed by atoms with Crippen LogP contribution in [0.2, 0.25) is 0 Å². The molecule has 3 heterocycles. The van der Waals surface area contributed by atoms with E-state index in [-0.39, 0.29) is 17.6 Å². The molecule has 0 unspecified atom stereocenters. The van der Waals surface area contributed by atoms with Crippen LogP contribution in [0.5, 0.6) is 0 Å². The van der Waals surface area contributed by atoms with Gasteiger partial charge in [-0.1, -0.05) is 0 Å². The predicted octanol–water partition coefficient (Wildman–Crippen LogP) is 2.18. The number of sulfonamides is 1. The maximum atomic E-state index is 14.2. The summed E-state index contributed by atoms with van der Waals surface area (Å²) in [4.78, 5) is 2.17. The Morgan fingerprint density at radius 2 is 2.03 bits per heavy atom. The molecule has 0 saturated carbocycles. The van der Waals surface area contributed by atoms with Gasteiger partial charge in [0.2, 0.25) is 5.03 Å². The van der Waals surface area contributed by atoms with Crippen molar-refractivity contribution in [1.82, 2.24) is 34.8 Å². The van der Waals surface area contributed by atoms with Crippen LogP contribution in [0.3, 0.4) is 0 Å². The van der Waals surface area contributed by atoms with E-state index in [0.717, 1.165) is 22.0 Å². The molecular weight excluding hydrogens is 409 g/mol. The topological polar surface area (TPSA) is 111 Å². The van der Waals surface area contributed by atoms with E-state index < -0.39 is 15.7 Å². The van der Waals surface area contributed by atoms with Gasteiger partial charge in [-0.2, -0.15) is 19.7 Å². The van der Waals surface area contributed by atoms with Crippen molar-refractivity contribution < 1.29 is 12.8 Å². The summed E-state index contributed by atoms with van der Waals surface area (Å²) in [6, 6.07) is 3.85. The number of aromatic nitrogens is 5. The molecule has 1 aromatic carbocycles. The van der Waals surface area contributed by atoms with Gasteiger partial charge in [0, 0.05) is 37.6 Å². The summed E-state index contributed by atoms with van der Waals surface area (Å²) in [5, 5.41) is 17.7. The minimum Gasteiger partial charge on any atom is -0.294 e. The van der Waals surface area contributed by atoms with Gasteiger partial charge in [-0.15, -0.1) is 5.10 Å². The van der Waals surface area contributed by atoms with Gasteiger partial charge in [0.15, 0.2) is 0 Å². The van der Waals surface area contributed by atoms with Gasteiger partial charge in [0.05, 0.1) is 17.9 Å². The lowest BCUT2D eigenvalue weighted by Gasteiger charge is -2.41. The van der Waals surface area contributed by atoms with Gasteiger partial charge in [-0.05, 0) is 50.5 Å². The van der Waals surface area contributed by atoms with Crippen LogP contribution in [0.15, 0.2) is 29.6 Å². The first-order valence-corrected chi connectivity index (χ1v) is 11.3. The molecule has 1 fully saturated rings. The van der Waals surface area contributed by atoms with Gasteiger partial charge in [0.25, 0.3) is 10.0 Å². The van der Waals surface area contributed by atoms with Crippen molar-refractivity contribution in [2.75, 3.05) is 26.2 Å². The summed E-state index contributed by atoms with van der Waals surface area (Å²) < 4.78 is 41.7. The number of rotatable bonds is 6. The molecule has 1 saturated heterocycles. The molecule has 0 aliphatic carbocycles. The highest BCUT2D eigenvalue weighted by Crippen LogP contribution is 2.33. The fourth-order valence-corrected chi connectivity index (χ4v) is 5.18. The van der Waals surface area contributed by atoms with Crippen LogP contribution >= 0.6 is 0 Å². The molecule has 0 spiro atoms. The van der Waals surface area contributed by atoms with Gasteiger partial charge in [-0.25, -0.2) is 12.8 Å². The summed E-state index contributed by atoms with van der Waals surface area (Å²) >= 11 is 0. The Labute approximate surface area is 174 Å². The zero-order valence-electron chi connectivity index (χ0n) is 17.3.